The predicted octanol–water partition coefficient (Wildman–Crippen LogP) is 1.82. The third-order valence-corrected chi connectivity index (χ3v) is 6.32. The molecule has 0 spiro atoms. The zero-order chi connectivity index (χ0) is 18.6. The van der Waals surface area contributed by atoms with E-state index < -0.39 is 6.03 Å². The van der Waals surface area contributed by atoms with Crippen molar-refractivity contribution < 1.29 is 4.79 Å². The number of aromatic nitrogens is 1. The second kappa shape index (κ2) is 11.1. The zero-order valence-corrected chi connectivity index (χ0v) is 17.0. The Morgan fingerprint density at radius 3 is 1.92 bits per heavy atom. The van der Waals surface area contributed by atoms with E-state index in [-0.39, 0.29) is 21.6 Å². The molecule has 5 nitrogen and oxygen atoms in total. The van der Waals surface area contributed by atoms with Crippen LogP contribution in [0, 0.1) is 0 Å². The van der Waals surface area contributed by atoms with Gasteiger partial charge in [0.15, 0.2) is 0 Å². The molecule has 6 heteroatoms. The Kier molecular flexibility index (Phi) is 8.37. The van der Waals surface area contributed by atoms with Crippen LogP contribution in [0.1, 0.15) is 12.6 Å². The van der Waals surface area contributed by atoms with E-state index in [2.05, 4.69) is 76.2 Å². The van der Waals surface area contributed by atoms with Crippen molar-refractivity contribution in [3.63, 3.8) is 0 Å². The van der Waals surface area contributed by atoms with Gasteiger partial charge in [0.2, 0.25) is 0 Å². The molecule has 3 aromatic rings. The molecule has 2 amide bonds. The molecule has 0 aliphatic rings. The number of nitrogens with two attached hydrogens (primary N) is 1. The van der Waals surface area contributed by atoms with Crippen molar-refractivity contribution in [3.8, 4) is 0 Å². The van der Waals surface area contributed by atoms with E-state index in [0.29, 0.717) is 11.4 Å². The number of primary amides is 1. The van der Waals surface area contributed by atoms with Gasteiger partial charge in [-0.3, -0.25) is 4.98 Å². The first kappa shape index (κ1) is 19.7. The number of benzene rings is 2. The normalized spacial score (nSPS) is 10.4. The van der Waals surface area contributed by atoms with Crippen molar-refractivity contribution >= 4 is 40.4 Å². The number of amides is 2. The number of pyridine rings is 1. The van der Waals surface area contributed by atoms with Gasteiger partial charge in [-0.05, 0) is 19.1 Å². The van der Waals surface area contributed by atoms with Gasteiger partial charge in [0.1, 0.15) is 0 Å². The van der Waals surface area contributed by atoms with Crippen LogP contribution in [0.15, 0.2) is 90.2 Å². The third-order valence-electron chi connectivity index (χ3n) is 3.14. The minimum absolute atomic E-state index is 0.335. The number of nitrogens with one attached hydrogen (secondary N) is 1. The van der Waals surface area contributed by atoms with Crippen LogP contribution in [0.2, 0.25) is 0 Å². The van der Waals surface area contributed by atoms with Gasteiger partial charge in [-0.15, -0.1) is 0 Å². The van der Waals surface area contributed by atoms with Crippen LogP contribution in [-0.4, -0.2) is 38.3 Å². The average Bonchev–Trinajstić information content (AvgIpc) is 2.69. The molecule has 26 heavy (non-hydrogen) atoms. The summed E-state index contributed by atoms with van der Waals surface area (Å²) in [5.74, 6) is 0. The van der Waals surface area contributed by atoms with Crippen LogP contribution in [0.5, 0.6) is 0 Å². The average molecular weight is 454 g/mol. The SMILES string of the molecule is C/C(=N\NC(N)=O)c1ccccn1.c1cc[c]([Sb][c]2ccccc2)cc1. The third kappa shape index (κ3) is 7.49. The fourth-order valence-corrected chi connectivity index (χ4v) is 4.61. The fourth-order valence-electron chi connectivity index (χ4n) is 1.93. The molecule has 0 aliphatic carbocycles. The van der Waals surface area contributed by atoms with E-state index in [1.165, 1.54) is 7.02 Å². The second-order valence-corrected chi connectivity index (χ2v) is 8.76. The first-order valence-corrected chi connectivity index (χ1v) is 10.5. The molecule has 131 valence electrons. The van der Waals surface area contributed by atoms with Gasteiger partial charge in [0.05, 0.1) is 11.4 Å². The Bertz CT molecular complexity index is 787. The van der Waals surface area contributed by atoms with Gasteiger partial charge in [-0.1, -0.05) is 6.07 Å². The van der Waals surface area contributed by atoms with E-state index in [0.717, 1.165) is 0 Å². The molecule has 0 saturated carbocycles. The maximum atomic E-state index is 10.3. The summed E-state index contributed by atoms with van der Waals surface area (Å²) in [5, 5.41) is 3.72. The van der Waals surface area contributed by atoms with Crippen molar-refractivity contribution in [2.45, 2.75) is 6.92 Å². The van der Waals surface area contributed by atoms with Gasteiger partial charge in [0, 0.05) is 6.20 Å². The van der Waals surface area contributed by atoms with Gasteiger partial charge < -0.3 is 5.73 Å². The Morgan fingerprint density at radius 1 is 0.923 bits per heavy atom. The molecule has 0 bridgehead atoms. The Morgan fingerprint density at radius 2 is 1.46 bits per heavy atom. The van der Waals surface area contributed by atoms with E-state index in [4.69, 9.17) is 5.73 Å². The van der Waals surface area contributed by atoms with Gasteiger partial charge in [-0.2, -0.15) is 5.10 Å². The summed E-state index contributed by atoms with van der Waals surface area (Å²) in [4.78, 5) is 14.4. The summed E-state index contributed by atoms with van der Waals surface area (Å²) in [7, 11) is 0. The quantitative estimate of drug-likeness (QED) is 0.359. The number of nitrogens with zero attached hydrogens (tertiary/aromatic N) is 2. The molecule has 1 heterocycles. The number of hydrazone groups is 1. The van der Waals surface area contributed by atoms with Crippen molar-refractivity contribution in [3.05, 3.63) is 90.8 Å². The van der Waals surface area contributed by atoms with Crippen LogP contribution in [0.3, 0.4) is 0 Å². The summed E-state index contributed by atoms with van der Waals surface area (Å²) in [6.07, 6.45) is 1.65. The molecule has 0 aliphatic heterocycles. The van der Waals surface area contributed by atoms with E-state index in [1.807, 2.05) is 6.07 Å². The Labute approximate surface area is 163 Å². The van der Waals surface area contributed by atoms with Gasteiger partial charge in [-0.25, -0.2) is 10.2 Å². The van der Waals surface area contributed by atoms with Crippen molar-refractivity contribution in [1.29, 1.82) is 0 Å². The van der Waals surface area contributed by atoms with Crippen LogP contribution >= 0.6 is 0 Å². The van der Waals surface area contributed by atoms with Crippen LogP contribution in [0.4, 0.5) is 4.79 Å². The molecule has 0 fully saturated rings. The Balaban J connectivity index is 0.000000187. The number of hydrogen-bond acceptors (Lipinski definition) is 3. The summed E-state index contributed by atoms with van der Waals surface area (Å²) < 4.78 is 3.04. The second-order valence-electron chi connectivity index (χ2n) is 5.17. The number of hydrogen-bond donors (Lipinski definition) is 2. The summed E-state index contributed by atoms with van der Waals surface area (Å²) in [5.41, 5.74) is 8.29. The first-order chi connectivity index (χ1) is 12.6. The van der Waals surface area contributed by atoms with E-state index >= 15 is 0 Å². The minimum atomic E-state index is -0.685. The monoisotopic (exact) mass is 453 g/mol. The van der Waals surface area contributed by atoms with E-state index in [1.54, 1.807) is 25.3 Å². The number of rotatable bonds is 4. The van der Waals surface area contributed by atoms with E-state index in [9.17, 15) is 4.79 Å². The van der Waals surface area contributed by atoms with Crippen molar-refractivity contribution in [2.24, 2.45) is 10.8 Å². The van der Waals surface area contributed by atoms with Gasteiger partial charge >= 0.3 is 95.3 Å². The molecule has 0 saturated heterocycles. The maximum absolute atomic E-state index is 10.3. The van der Waals surface area contributed by atoms with Crippen LogP contribution in [-0.2, 0) is 0 Å². The van der Waals surface area contributed by atoms with Gasteiger partial charge in [0.25, 0.3) is 0 Å². The number of carbonyl (C=O) groups is 1. The topological polar surface area (TPSA) is 80.4 Å². The Hall–Kier alpha value is -2.65. The predicted molar refractivity (Wildman–Crippen MR) is 107 cm³/mol. The molecule has 2 aromatic carbocycles. The van der Waals surface area contributed by atoms with Crippen molar-refractivity contribution in [2.75, 3.05) is 0 Å². The van der Waals surface area contributed by atoms with Crippen molar-refractivity contribution in [1.82, 2.24) is 10.4 Å². The summed E-state index contributed by atoms with van der Waals surface area (Å²) >= 11 is -0.335. The zero-order valence-electron chi connectivity index (χ0n) is 14.4. The molecule has 0 unspecified atom stereocenters. The molecule has 3 rings (SSSR count). The molecule has 1 aromatic heterocycles. The fraction of sp³-hybridized carbons (Fsp3) is 0.0500. The summed E-state index contributed by atoms with van der Waals surface area (Å²) in [6, 6.07) is 26.3. The molecule has 1 radical (unpaired) electrons. The first-order valence-electron chi connectivity index (χ1n) is 7.98. The molecule has 3 N–H and O–H groups in total. The molecular formula is C20H20N4OSb. The molecular weight excluding hydrogens is 434 g/mol. The number of urea groups is 1. The van der Waals surface area contributed by atoms with Crippen LogP contribution in [0.25, 0.3) is 0 Å². The molecule has 0 atom stereocenters. The standard InChI is InChI=1S/C8H10N4O.2C6H5.Sb/c1-6(11-12-8(9)13)7-4-2-3-5-10-7;2*1-2-4-6-5-3-1;/h2-5H,1H3,(H3,9,12,13);2*1-5H;/b11-6+;;;. The number of carbonyl (C=O) groups excluding carboxylic acids is 1. The summed E-state index contributed by atoms with van der Waals surface area (Å²) in [6.45, 7) is 1.73. The van der Waals surface area contributed by atoms with Crippen LogP contribution < -0.4 is 18.2 Å².